The molecule has 0 aliphatic carbocycles. The predicted octanol–water partition coefficient (Wildman–Crippen LogP) is 2.92. The van der Waals surface area contributed by atoms with Crippen LogP contribution in [0.2, 0.25) is 0 Å². The van der Waals surface area contributed by atoms with E-state index < -0.39 is 0 Å². The molecule has 1 aromatic carbocycles. The number of rotatable bonds is 4. The van der Waals surface area contributed by atoms with E-state index in [4.69, 9.17) is 4.74 Å². The fraction of sp³-hybridized carbons (Fsp3) is 0.368. The van der Waals surface area contributed by atoms with Gasteiger partial charge in [0.25, 0.3) is 5.91 Å². The van der Waals surface area contributed by atoms with E-state index in [9.17, 15) is 4.79 Å². The van der Waals surface area contributed by atoms with Gasteiger partial charge >= 0.3 is 0 Å². The van der Waals surface area contributed by atoms with Gasteiger partial charge in [0.15, 0.2) is 0 Å². The fourth-order valence-corrected chi connectivity index (χ4v) is 2.90. The van der Waals surface area contributed by atoms with Crippen molar-refractivity contribution < 1.29 is 9.53 Å². The number of nitrogens with zero attached hydrogens (tertiary/aromatic N) is 2. The molecule has 0 saturated carbocycles. The number of carbonyl (C=O) groups is 1. The molecule has 120 valence electrons. The normalized spacial score (nSPS) is 15.3. The summed E-state index contributed by atoms with van der Waals surface area (Å²) in [6.07, 6.45) is 4.28. The standard InChI is InChI=1S/C19H22N2O2/c1-21(18-9-11-23-12-10-18)19(22)16-7-8-17(20-14-16)13-15-5-3-2-4-6-15/h2-8,14,18H,9-13H2,1H3. The van der Waals surface area contributed by atoms with E-state index in [0.717, 1.165) is 38.2 Å². The van der Waals surface area contributed by atoms with Crippen molar-refractivity contribution in [2.24, 2.45) is 0 Å². The van der Waals surface area contributed by atoms with Crippen LogP contribution in [0.3, 0.4) is 0 Å². The van der Waals surface area contributed by atoms with Crippen molar-refractivity contribution in [2.45, 2.75) is 25.3 Å². The topological polar surface area (TPSA) is 42.4 Å². The molecule has 4 heteroatoms. The van der Waals surface area contributed by atoms with Gasteiger partial charge in [-0.25, -0.2) is 0 Å². The average molecular weight is 310 g/mol. The second kappa shape index (κ2) is 7.38. The van der Waals surface area contributed by atoms with Crippen molar-refractivity contribution in [3.63, 3.8) is 0 Å². The molecular formula is C19H22N2O2. The van der Waals surface area contributed by atoms with Gasteiger partial charge in [0.2, 0.25) is 0 Å². The van der Waals surface area contributed by atoms with Crippen LogP contribution in [0, 0.1) is 0 Å². The zero-order chi connectivity index (χ0) is 16.1. The van der Waals surface area contributed by atoms with Gasteiger partial charge < -0.3 is 9.64 Å². The molecule has 0 radical (unpaired) electrons. The second-order valence-electron chi connectivity index (χ2n) is 5.96. The molecule has 0 bridgehead atoms. The second-order valence-corrected chi connectivity index (χ2v) is 5.96. The number of benzene rings is 1. The van der Waals surface area contributed by atoms with Crippen LogP contribution in [0.1, 0.15) is 34.5 Å². The minimum atomic E-state index is 0.0376. The van der Waals surface area contributed by atoms with Crippen LogP contribution in [0.15, 0.2) is 48.7 Å². The van der Waals surface area contributed by atoms with E-state index in [1.165, 1.54) is 5.56 Å². The Morgan fingerprint density at radius 1 is 1.17 bits per heavy atom. The van der Waals surface area contributed by atoms with E-state index >= 15 is 0 Å². The third-order valence-electron chi connectivity index (χ3n) is 4.36. The Labute approximate surface area is 137 Å². The Morgan fingerprint density at radius 2 is 1.91 bits per heavy atom. The first-order valence-electron chi connectivity index (χ1n) is 8.08. The summed E-state index contributed by atoms with van der Waals surface area (Å²) in [4.78, 5) is 18.8. The van der Waals surface area contributed by atoms with Gasteiger partial charge in [-0.05, 0) is 30.5 Å². The largest absolute Gasteiger partial charge is 0.381 e. The summed E-state index contributed by atoms with van der Waals surface area (Å²) >= 11 is 0. The Morgan fingerprint density at radius 3 is 2.57 bits per heavy atom. The molecule has 1 aliphatic heterocycles. The first-order chi connectivity index (χ1) is 11.2. The number of hydrogen-bond donors (Lipinski definition) is 0. The highest BCUT2D eigenvalue weighted by Gasteiger charge is 2.23. The van der Waals surface area contributed by atoms with Crippen molar-refractivity contribution in [3.05, 3.63) is 65.5 Å². The van der Waals surface area contributed by atoms with Gasteiger partial charge in [-0.2, -0.15) is 0 Å². The van der Waals surface area contributed by atoms with E-state index in [0.29, 0.717) is 5.56 Å². The molecule has 2 heterocycles. The summed E-state index contributed by atoms with van der Waals surface area (Å²) in [5, 5.41) is 0. The van der Waals surface area contributed by atoms with Gasteiger partial charge in [0.05, 0.1) is 5.56 Å². The zero-order valence-electron chi connectivity index (χ0n) is 13.4. The van der Waals surface area contributed by atoms with Crippen LogP contribution in [-0.4, -0.2) is 42.1 Å². The molecule has 1 aromatic heterocycles. The van der Waals surface area contributed by atoms with E-state index in [1.807, 2.05) is 42.3 Å². The molecule has 23 heavy (non-hydrogen) atoms. The molecule has 1 amide bonds. The molecule has 0 atom stereocenters. The predicted molar refractivity (Wildman–Crippen MR) is 89.4 cm³/mol. The van der Waals surface area contributed by atoms with Crippen molar-refractivity contribution in [1.29, 1.82) is 0 Å². The highest BCUT2D eigenvalue weighted by molar-refractivity contribution is 5.93. The van der Waals surface area contributed by atoms with Crippen LogP contribution in [0.25, 0.3) is 0 Å². The Bertz CT molecular complexity index is 634. The number of hydrogen-bond acceptors (Lipinski definition) is 3. The van der Waals surface area contributed by atoms with Crippen molar-refractivity contribution in [2.75, 3.05) is 20.3 Å². The first-order valence-corrected chi connectivity index (χ1v) is 8.08. The lowest BCUT2D eigenvalue weighted by Crippen LogP contribution is -2.40. The lowest BCUT2D eigenvalue weighted by molar-refractivity contribution is 0.0362. The SMILES string of the molecule is CN(C(=O)c1ccc(Cc2ccccc2)nc1)C1CCOCC1. The quantitative estimate of drug-likeness (QED) is 0.872. The van der Waals surface area contributed by atoms with Gasteiger partial charge in [-0.1, -0.05) is 30.3 Å². The van der Waals surface area contributed by atoms with Gasteiger partial charge in [0.1, 0.15) is 0 Å². The summed E-state index contributed by atoms with van der Waals surface area (Å²) in [6.45, 7) is 1.47. The molecular weight excluding hydrogens is 288 g/mol. The number of carbonyl (C=O) groups excluding carboxylic acids is 1. The third kappa shape index (κ3) is 3.96. The van der Waals surface area contributed by atoms with Crippen molar-refractivity contribution in [1.82, 2.24) is 9.88 Å². The highest BCUT2D eigenvalue weighted by Crippen LogP contribution is 2.16. The maximum atomic E-state index is 12.6. The summed E-state index contributed by atoms with van der Waals surface area (Å²) in [7, 11) is 1.87. The van der Waals surface area contributed by atoms with Gasteiger partial charge in [-0.15, -0.1) is 0 Å². The number of pyridine rings is 1. The number of ether oxygens (including phenoxy) is 1. The molecule has 1 aliphatic rings. The molecule has 0 N–H and O–H groups in total. The van der Waals surface area contributed by atoms with Crippen LogP contribution < -0.4 is 0 Å². The van der Waals surface area contributed by atoms with E-state index in [2.05, 4.69) is 17.1 Å². The van der Waals surface area contributed by atoms with Crippen LogP contribution >= 0.6 is 0 Å². The number of aromatic nitrogens is 1. The number of amides is 1. The maximum Gasteiger partial charge on any atom is 0.255 e. The summed E-state index contributed by atoms with van der Waals surface area (Å²) < 4.78 is 5.36. The average Bonchev–Trinajstić information content (AvgIpc) is 2.63. The Balaban J connectivity index is 1.65. The lowest BCUT2D eigenvalue weighted by Gasteiger charge is -2.31. The van der Waals surface area contributed by atoms with Crippen LogP contribution in [0.5, 0.6) is 0 Å². The zero-order valence-corrected chi connectivity index (χ0v) is 13.4. The smallest absolute Gasteiger partial charge is 0.255 e. The summed E-state index contributed by atoms with van der Waals surface area (Å²) in [6, 6.07) is 14.3. The van der Waals surface area contributed by atoms with E-state index in [1.54, 1.807) is 6.20 Å². The minimum absolute atomic E-state index is 0.0376. The minimum Gasteiger partial charge on any atom is -0.381 e. The summed E-state index contributed by atoms with van der Waals surface area (Å²) in [5.41, 5.74) is 2.84. The molecule has 0 unspecified atom stereocenters. The first kappa shape index (κ1) is 15.7. The van der Waals surface area contributed by atoms with Crippen LogP contribution in [0.4, 0.5) is 0 Å². The lowest BCUT2D eigenvalue weighted by atomic mass is 10.1. The molecule has 3 rings (SSSR count). The molecule has 0 spiro atoms. The molecule has 2 aromatic rings. The fourth-order valence-electron chi connectivity index (χ4n) is 2.90. The summed E-state index contributed by atoms with van der Waals surface area (Å²) in [5.74, 6) is 0.0376. The van der Waals surface area contributed by atoms with Crippen molar-refractivity contribution in [3.8, 4) is 0 Å². The Hall–Kier alpha value is -2.20. The molecule has 4 nitrogen and oxygen atoms in total. The van der Waals surface area contributed by atoms with Gasteiger partial charge in [-0.3, -0.25) is 9.78 Å². The monoisotopic (exact) mass is 310 g/mol. The molecule has 1 fully saturated rings. The van der Waals surface area contributed by atoms with Crippen molar-refractivity contribution >= 4 is 5.91 Å². The van der Waals surface area contributed by atoms with Crippen LogP contribution in [-0.2, 0) is 11.2 Å². The Kier molecular flexibility index (Phi) is 5.03. The third-order valence-corrected chi connectivity index (χ3v) is 4.36. The van der Waals surface area contributed by atoms with Gasteiger partial charge in [0, 0.05) is 44.6 Å². The highest BCUT2D eigenvalue weighted by atomic mass is 16.5. The maximum absolute atomic E-state index is 12.6. The van der Waals surface area contributed by atoms with E-state index in [-0.39, 0.29) is 11.9 Å². The molecule has 1 saturated heterocycles.